The first kappa shape index (κ1) is 15.7. The zero-order chi connectivity index (χ0) is 14.1. The van der Waals surface area contributed by atoms with Gasteiger partial charge in [-0.1, -0.05) is 31.9 Å². The number of ether oxygens (including phenoxy) is 1. The Balaban J connectivity index is 3.26. The van der Waals surface area contributed by atoms with Crippen LogP contribution in [0.4, 0.5) is 22.0 Å². The van der Waals surface area contributed by atoms with E-state index in [1.807, 2.05) is 0 Å². The molecule has 1 atom stereocenters. The molecule has 0 radical (unpaired) electrons. The van der Waals surface area contributed by atoms with Crippen LogP contribution < -0.4 is 4.74 Å². The number of alkyl halides is 6. The fourth-order valence-corrected chi connectivity index (χ4v) is 2.24. The number of benzene rings is 1. The average molecular weight is 398 g/mol. The number of hydrogen-bond acceptors (Lipinski definition) is 1. The van der Waals surface area contributed by atoms with Crippen molar-refractivity contribution in [2.24, 2.45) is 0 Å². The van der Waals surface area contributed by atoms with E-state index in [2.05, 4.69) is 31.9 Å². The summed E-state index contributed by atoms with van der Waals surface area (Å²) in [4.78, 5) is -2.22. The SMILES string of the molecule is COc1ccc(Br)cc1C(Br)C(F)(F)C(F)(F)F. The lowest BCUT2D eigenvalue weighted by Gasteiger charge is -2.26. The molecule has 102 valence electrons. The number of hydrogen-bond donors (Lipinski definition) is 0. The highest BCUT2D eigenvalue weighted by Crippen LogP contribution is 2.51. The lowest BCUT2D eigenvalue weighted by molar-refractivity contribution is -0.281. The van der Waals surface area contributed by atoms with Gasteiger partial charge in [0.2, 0.25) is 0 Å². The summed E-state index contributed by atoms with van der Waals surface area (Å²) < 4.78 is 68.4. The summed E-state index contributed by atoms with van der Waals surface area (Å²) in [5, 5.41) is 0. The van der Waals surface area contributed by atoms with Crippen molar-refractivity contribution < 1.29 is 26.7 Å². The molecule has 8 heteroatoms. The normalized spacial score (nSPS) is 14.4. The minimum Gasteiger partial charge on any atom is -0.496 e. The highest BCUT2D eigenvalue weighted by Gasteiger charge is 2.62. The Morgan fingerprint density at radius 2 is 1.72 bits per heavy atom. The van der Waals surface area contributed by atoms with E-state index in [9.17, 15) is 22.0 Å². The van der Waals surface area contributed by atoms with Crippen LogP contribution in [0, 0.1) is 0 Å². The Bertz CT molecular complexity index is 433. The molecule has 1 nitrogen and oxygen atoms in total. The van der Waals surface area contributed by atoms with E-state index in [1.165, 1.54) is 19.2 Å². The van der Waals surface area contributed by atoms with Crippen LogP contribution in [0.15, 0.2) is 22.7 Å². The van der Waals surface area contributed by atoms with Crippen molar-refractivity contribution in [1.29, 1.82) is 0 Å². The van der Waals surface area contributed by atoms with Gasteiger partial charge in [0.1, 0.15) is 10.6 Å². The van der Waals surface area contributed by atoms with Crippen molar-refractivity contribution in [2.45, 2.75) is 16.9 Å². The molecule has 0 aliphatic rings. The van der Waals surface area contributed by atoms with Gasteiger partial charge in [-0.15, -0.1) is 0 Å². The average Bonchev–Trinajstić information content (AvgIpc) is 2.26. The van der Waals surface area contributed by atoms with Gasteiger partial charge in [-0.2, -0.15) is 22.0 Å². The molecule has 0 amide bonds. The molecule has 0 fully saturated rings. The monoisotopic (exact) mass is 396 g/mol. The molecular formula is C10H7Br2F5O. The van der Waals surface area contributed by atoms with Crippen molar-refractivity contribution in [3.8, 4) is 5.75 Å². The summed E-state index contributed by atoms with van der Waals surface area (Å²) in [7, 11) is 1.19. The van der Waals surface area contributed by atoms with Crippen LogP contribution >= 0.6 is 31.9 Å². The molecule has 0 saturated heterocycles. The van der Waals surface area contributed by atoms with Crippen LogP contribution in [0.25, 0.3) is 0 Å². The predicted octanol–water partition coefficient (Wildman–Crippen LogP) is 5.09. The van der Waals surface area contributed by atoms with E-state index in [1.54, 1.807) is 0 Å². The second-order valence-corrected chi connectivity index (χ2v) is 5.20. The summed E-state index contributed by atoms with van der Waals surface area (Å²) in [6, 6.07) is 3.94. The highest BCUT2D eigenvalue weighted by atomic mass is 79.9. The third-order valence-corrected chi connectivity index (χ3v) is 3.72. The summed E-state index contributed by atoms with van der Waals surface area (Å²) in [5.41, 5.74) is -0.283. The molecule has 1 aromatic rings. The van der Waals surface area contributed by atoms with Gasteiger partial charge in [-0.05, 0) is 18.2 Å². The van der Waals surface area contributed by atoms with Gasteiger partial charge in [0.25, 0.3) is 0 Å². The Morgan fingerprint density at radius 3 is 2.17 bits per heavy atom. The van der Waals surface area contributed by atoms with Crippen LogP contribution in [0.2, 0.25) is 0 Å². The second-order valence-electron chi connectivity index (χ2n) is 3.37. The molecule has 1 rings (SSSR count). The van der Waals surface area contributed by atoms with Crippen LogP contribution in [-0.4, -0.2) is 19.2 Å². The first-order chi connectivity index (χ1) is 8.11. The molecular weight excluding hydrogens is 391 g/mol. The van der Waals surface area contributed by atoms with Crippen LogP contribution in [0.3, 0.4) is 0 Å². The topological polar surface area (TPSA) is 9.23 Å². The zero-order valence-electron chi connectivity index (χ0n) is 8.86. The molecule has 1 aromatic carbocycles. The molecule has 0 bridgehead atoms. The number of rotatable bonds is 3. The third kappa shape index (κ3) is 2.96. The second kappa shape index (κ2) is 5.32. The highest BCUT2D eigenvalue weighted by molar-refractivity contribution is 9.10. The Labute approximate surface area is 117 Å². The fraction of sp³-hybridized carbons (Fsp3) is 0.400. The minimum atomic E-state index is -5.64. The van der Waals surface area contributed by atoms with Crippen LogP contribution in [0.1, 0.15) is 10.4 Å². The van der Waals surface area contributed by atoms with E-state index in [0.717, 1.165) is 6.07 Å². The first-order valence-electron chi connectivity index (χ1n) is 4.53. The summed E-state index contributed by atoms with van der Waals surface area (Å²) in [6.45, 7) is 0. The maximum absolute atomic E-state index is 13.2. The first-order valence-corrected chi connectivity index (χ1v) is 6.24. The van der Waals surface area contributed by atoms with E-state index >= 15 is 0 Å². The molecule has 1 unspecified atom stereocenters. The zero-order valence-corrected chi connectivity index (χ0v) is 12.0. The quantitative estimate of drug-likeness (QED) is 0.509. The van der Waals surface area contributed by atoms with Crippen molar-refractivity contribution in [3.05, 3.63) is 28.2 Å². The molecule has 0 aliphatic heterocycles. The summed E-state index contributed by atoms with van der Waals surface area (Å²) in [6.07, 6.45) is -5.64. The standard InChI is InChI=1S/C10H7Br2F5O/c1-18-7-3-2-5(11)4-6(7)8(12)9(13,14)10(15,16)17/h2-4,8H,1H3. The van der Waals surface area contributed by atoms with Gasteiger partial charge in [0.05, 0.1) is 7.11 Å². The summed E-state index contributed by atoms with van der Waals surface area (Å²) >= 11 is 5.41. The molecule has 0 spiro atoms. The Morgan fingerprint density at radius 1 is 1.17 bits per heavy atom. The van der Waals surface area contributed by atoms with E-state index in [-0.39, 0.29) is 11.3 Å². The Kier molecular flexibility index (Phi) is 4.64. The maximum atomic E-state index is 13.2. The third-order valence-electron chi connectivity index (χ3n) is 2.16. The number of halogens is 7. The summed E-state index contributed by atoms with van der Waals surface area (Å²) in [5.74, 6) is -4.95. The molecule has 18 heavy (non-hydrogen) atoms. The smallest absolute Gasteiger partial charge is 0.454 e. The van der Waals surface area contributed by atoms with Crippen LogP contribution in [0.5, 0.6) is 5.75 Å². The molecule has 0 saturated carbocycles. The molecule has 0 N–H and O–H groups in total. The molecule has 0 heterocycles. The van der Waals surface area contributed by atoms with Crippen molar-refractivity contribution >= 4 is 31.9 Å². The van der Waals surface area contributed by atoms with Gasteiger partial charge in [-0.25, -0.2) is 0 Å². The van der Waals surface area contributed by atoms with E-state index < -0.39 is 16.9 Å². The van der Waals surface area contributed by atoms with Gasteiger partial charge < -0.3 is 4.74 Å². The fourth-order valence-electron chi connectivity index (χ4n) is 1.24. The van der Waals surface area contributed by atoms with Crippen molar-refractivity contribution in [3.63, 3.8) is 0 Å². The van der Waals surface area contributed by atoms with Gasteiger partial charge in [-0.3, -0.25) is 0 Å². The largest absolute Gasteiger partial charge is 0.496 e. The Hall–Kier alpha value is -0.370. The molecule has 0 aromatic heterocycles. The predicted molar refractivity (Wildman–Crippen MR) is 63.4 cm³/mol. The molecule has 0 aliphatic carbocycles. The van der Waals surface area contributed by atoms with Gasteiger partial charge in [0.15, 0.2) is 0 Å². The van der Waals surface area contributed by atoms with Crippen molar-refractivity contribution in [1.82, 2.24) is 0 Å². The number of methoxy groups -OCH3 is 1. The lowest BCUT2D eigenvalue weighted by atomic mass is 10.1. The van der Waals surface area contributed by atoms with Crippen LogP contribution in [-0.2, 0) is 0 Å². The van der Waals surface area contributed by atoms with Gasteiger partial charge in [0, 0.05) is 10.0 Å². The van der Waals surface area contributed by atoms with Gasteiger partial charge >= 0.3 is 12.1 Å². The van der Waals surface area contributed by atoms with Crippen molar-refractivity contribution in [2.75, 3.05) is 7.11 Å². The lowest BCUT2D eigenvalue weighted by Crippen LogP contribution is -2.40. The van der Waals surface area contributed by atoms with E-state index in [4.69, 9.17) is 4.74 Å². The maximum Gasteiger partial charge on any atom is 0.454 e. The van der Waals surface area contributed by atoms with E-state index in [0.29, 0.717) is 4.47 Å². The minimum absolute atomic E-state index is 0.0519.